The maximum Gasteiger partial charge on any atom is 0.150 e. The molecule has 106 valence electrons. The van der Waals surface area contributed by atoms with Crippen LogP contribution >= 0.6 is 0 Å². The Morgan fingerprint density at radius 3 is 2.65 bits per heavy atom. The van der Waals surface area contributed by atoms with Gasteiger partial charge in [0.2, 0.25) is 0 Å². The lowest BCUT2D eigenvalue weighted by Crippen LogP contribution is -2.13. The molecule has 0 atom stereocenters. The van der Waals surface area contributed by atoms with Crippen molar-refractivity contribution in [3.05, 3.63) is 46.8 Å². The normalized spacial score (nSPS) is 10.8. The molecule has 0 aliphatic rings. The van der Waals surface area contributed by atoms with Gasteiger partial charge < -0.3 is 5.73 Å². The average Bonchev–Trinajstić information content (AvgIpc) is 2.83. The Kier molecular flexibility index (Phi) is 4.12. The highest BCUT2D eigenvalue weighted by Crippen LogP contribution is 2.13. The second-order valence-corrected chi connectivity index (χ2v) is 4.53. The molecular formula is C14H18FN5. The van der Waals surface area contributed by atoms with Gasteiger partial charge in [0, 0.05) is 24.0 Å². The highest BCUT2D eigenvalue weighted by atomic mass is 19.1. The van der Waals surface area contributed by atoms with E-state index in [0.29, 0.717) is 17.7 Å². The fourth-order valence-electron chi connectivity index (χ4n) is 1.97. The molecule has 6 heteroatoms. The van der Waals surface area contributed by atoms with Gasteiger partial charge in [-0.05, 0) is 6.07 Å². The molecule has 0 saturated carbocycles. The number of nitrogens with two attached hydrogens (primary N) is 1. The molecule has 2 aromatic rings. The Morgan fingerprint density at radius 2 is 2.10 bits per heavy atom. The van der Waals surface area contributed by atoms with Crippen LogP contribution in [0.15, 0.2) is 18.2 Å². The molecule has 0 saturated heterocycles. The fraction of sp³-hybridized carbons (Fsp3) is 0.357. The molecule has 20 heavy (non-hydrogen) atoms. The van der Waals surface area contributed by atoms with Gasteiger partial charge in [-0.3, -0.25) is 5.41 Å². The molecule has 3 N–H and O–H groups in total. The van der Waals surface area contributed by atoms with Gasteiger partial charge in [-0.1, -0.05) is 26.0 Å². The number of amidine groups is 1. The third-order valence-corrected chi connectivity index (χ3v) is 3.11. The van der Waals surface area contributed by atoms with Gasteiger partial charge in [0.25, 0.3) is 0 Å². The smallest absolute Gasteiger partial charge is 0.150 e. The van der Waals surface area contributed by atoms with Crippen molar-refractivity contribution in [3.8, 4) is 0 Å². The number of nitrogens with zero attached hydrogens (tertiary/aromatic N) is 3. The fourth-order valence-corrected chi connectivity index (χ4v) is 1.97. The molecular weight excluding hydrogens is 257 g/mol. The number of benzene rings is 1. The van der Waals surface area contributed by atoms with Crippen molar-refractivity contribution in [3.63, 3.8) is 0 Å². The number of halogens is 1. The Balaban J connectivity index is 2.30. The van der Waals surface area contributed by atoms with Crippen LogP contribution in [0, 0.1) is 11.2 Å². The SMILES string of the molecule is CCc1nc(CC)n(Cc2ccc(C(=N)N)cc2F)n1. The maximum absolute atomic E-state index is 14.0. The first-order valence-corrected chi connectivity index (χ1v) is 6.60. The lowest BCUT2D eigenvalue weighted by Gasteiger charge is -2.07. The number of hydrogen-bond acceptors (Lipinski definition) is 3. The Morgan fingerprint density at radius 1 is 1.35 bits per heavy atom. The van der Waals surface area contributed by atoms with Gasteiger partial charge in [-0.15, -0.1) is 0 Å². The van der Waals surface area contributed by atoms with E-state index in [0.717, 1.165) is 24.5 Å². The van der Waals surface area contributed by atoms with Gasteiger partial charge in [0.1, 0.15) is 17.5 Å². The van der Waals surface area contributed by atoms with Crippen LogP contribution in [0.1, 0.15) is 36.6 Å². The number of aromatic nitrogens is 3. The van der Waals surface area contributed by atoms with Crippen LogP contribution in [-0.2, 0) is 19.4 Å². The van der Waals surface area contributed by atoms with E-state index in [4.69, 9.17) is 11.1 Å². The summed E-state index contributed by atoms with van der Waals surface area (Å²) in [6, 6.07) is 4.56. The number of rotatable bonds is 5. The van der Waals surface area contributed by atoms with Crippen molar-refractivity contribution in [2.24, 2.45) is 5.73 Å². The van der Waals surface area contributed by atoms with E-state index in [1.54, 1.807) is 16.8 Å². The average molecular weight is 275 g/mol. The van der Waals surface area contributed by atoms with E-state index in [2.05, 4.69) is 10.1 Å². The van der Waals surface area contributed by atoms with Crippen molar-refractivity contribution in [1.82, 2.24) is 14.8 Å². The monoisotopic (exact) mass is 275 g/mol. The van der Waals surface area contributed by atoms with Crippen molar-refractivity contribution in [1.29, 1.82) is 5.41 Å². The van der Waals surface area contributed by atoms with Crippen LogP contribution in [-0.4, -0.2) is 20.6 Å². The van der Waals surface area contributed by atoms with Gasteiger partial charge in [0.15, 0.2) is 5.82 Å². The summed E-state index contributed by atoms with van der Waals surface area (Å²) < 4.78 is 15.7. The summed E-state index contributed by atoms with van der Waals surface area (Å²) in [6.07, 6.45) is 1.51. The topological polar surface area (TPSA) is 80.6 Å². The summed E-state index contributed by atoms with van der Waals surface area (Å²) in [7, 11) is 0. The summed E-state index contributed by atoms with van der Waals surface area (Å²) >= 11 is 0. The molecule has 0 aliphatic heterocycles. The Hall–Kier alpha value is -2.24. The minimum absolute atomic E-state index is 0.140. The predicted molar refractivity (Wildman–Crippen MR) is 75.3 cm³/mol. The molecule has 1 heterocycles. The molecule has 2 rings (SSSR count). The van der Waals surface area contributed by atoms with E-state index in [9.17, 15) is 4.39 Å². The van der Waals surface area contributed by atoms with Crippen molar-refractivity contribution in [2.45, 2.75) is 33.2 Å². The first kappa shape index (κ1) is 14.2. The zero-order valence-corrected chi connectivity index (χ0v) is 11.7. The van der Waals surface area contributed by atoms with E-state index < -0.39 is 0 Å². The van der Waals surface area contributed by atoms with E-state index in [1.807, 2.05) is 13.8 Å². The van der Waals surface area contributed by atoms with Crippen molar-refractivity contribution < 1.29 is 4.39 Å². The highest BCUT2D eigenvalue weighted by Gasteiger charge is 2.11. The Labute approximate surface area is 117 Å². The van der Waals surface area contributed by atoms with Gasteiger partial charge in [-0.25, -0.2) is 14.1 Å². The summed E-state index contributed by atoms with van der Waals surface area (Å²) in [5.74, 6) is 1.09. The number of nitrogen functional groups attached to an aromatic ring is 1. The molecule has 0 unspecified atom stereocenters. The van der Waals surface area contributed by atoms with E-state index in [1.165, 1.54) is 6.07 Å². The molecule has 0 radical (unpaired) electrons. The van der Waals surface area contributed by atoms with Crippen LogP contribution in [0.3, 0.4) is 0 Å². The van der Waals surface area contributed by atoms with E-state index >= 15 is 0 Å². The summed E-state index contributed by atoms with van der Waals surface area (Å²) in [4.78, 5) is 4.39. The van der Waals surface area contributed by atoms with Gasteiger partial charge in [0.05, 0.1) is 6.54 Å². The summed E-state index contributed by atoms with van der Waals surface area (Å²) in [6.45, 7) is 4.32. The molecule has 0 bridgehead atoms. The lowest BCUT2D eigenvalue weighted by molar-refractivity contribution is 0.572. The van der Waals surface area contributed by atoms with E-state index in [-0.39, 0.29) is 11.7 Å². The standard InChI is InChI=1S/C14H18FN5/c1-3-12-18-13(4-2)20(19-12)8-10-6-5-9(14(16)17)7-11(10)15/h5-7H,3-4,8H2,1-2H3,(H3,16,17). The van der Waals surface area contributed by atoms with Gasteiger partial charge >= 0.3 is 0 Å². The number of hydrogen-bond donors (Lipinski definition) is 2. The molecule has 5 nitrogen and oxygen atoms in total. The minimum Gasteiger partial charge on any atom is -0.384 e. The third kappa shape index (κ3) is 2.84. The zero-order valence-electron chi connectivity index (χ0n) is 11.7. The largest absolute Gasteiger partial charge is 0.384 e. The molecule has 0 fully saturated rings. The molecule has 1 aromatic heterocycles. The highest BCUT2D eigenvalue weighted by molar-refractivity contribution is 5.94. The first-order chi connectivity index (χ1) is 9.55. The third-order valence-electron chi connectivity index (χ3n) is 3.11. The first-order valence-electron chi connectivity index (χ1n) is 6.60. The van der Waals surface area contributed by atoms with Crippen molar-refractivity contribution in [2.75, 3.05) is 0 Å². The van der Waals surface area contributed by atoms with Crippen LogP contribution in [0.25, 0.3) is 0 Å². The molecule has 1 aromatic carbocycles. The zero-order chi connectivity index (χ0) is 14.7. The van der Waals surface area contributed by atoms with Crippen LogP contribution in [0.4, 0.5) is 4.39 Å². The van der Waals surface area contributed by atoms with Crippen LogP contribution in [0.5, 0.6) is 0 Å². The molecule has 0 aliphatic carbocycles. The second-order valence-electron chi connectivity index (χ2n) is 4.53. The second kappa shape index (κ2) is 5.81. The van der Waals surface area contributed by atoms with Crippen LogP contribution in [0.2, 0.25) is 0 Å². The van der Waals surface area contributed by atoms with Gasteiger partial charge in [-0.2, -0.15) is 5.10 Å². The Bertz CT molecular complexity index is 632. The number of nitrogens with one attached hydrogen (secondary N) is 1. The maximum atomic E-state index is 14.0. The molecule has 0 amide bonds. The summed E-state index contributed by atoms with van der Waals surface area (Å²) in [5, 5.41) is 11.7. The van der Waals surface area contributed by atoms with Crippen molar-refractivity contribution >= 4 is 5.84 Å². The summed E-state index contributed by atoms with van der Waals surface area (Å²) in [5.41, 5.74) is 6.24. The van der Waals surface area contributed by atoms with Crippen LogP contribution < -0.4 is 5.73 Å². The quantitative estimate of drug-likeness (QED) is 0.645. The lowest BCUT2D eigenvalue weighted by atomic mass is 10.1. The number of aryl methyl sites for hydroxylation is 2. The minimum atomic E-state index is -0.381. The predicted octanol–water partition coefficient (Wildman–Crippen LogP) is 1.87. The molecule has 0 spiro atoms.